The molecule has 0 aliphatic carbocycles. The van der Waals surface area contributed by atoms with Gasteiger partial charge < -0.3 is 10.1 Å². The predicted molar refractivity (Wildman–Crippen MR) is 92.7 cm³/mol. The van der Waals surface area contributed by atoms with Gasteiger partial charge in [-0.15, -0.1) is 0 Å². The van der Waals surface area contributed by atoms with E-state index in [9.17, 15) is 9.59 Å². The molecule has 0 saturated heterocycles. The van der Waals surface area contributed by atoms with Crippen molar-refractivity contribution in [2.45, 2.75) is 6.92 Å². The van der Waals surface area contributed by atoms with Gasteiger partial charge in [-0.05, 0) is 48.9 Å². The molecule has 0 aromatic heterocycles. The summed E-state index contributed by atoms with van der Waals surface area (Å²) in [6.45, 7) is 2.50. The van der Waals surface area contributed by atoms with E-state index in [1.807, 2.05) is 6.92 Å². The molecule has 3 aromatic carbocycles. The topological polar surface area (TPSA) is 55.4 Å². The molecule has 0 radical (unpaired) electrons. The minimum Gasteiger partial charge on any atom is -0.494 e. The van der Waals surface area contributed by atoms with Gasteiger partial charge in [-0.25, -0.2) is 0 Å². The van der Waals surface area contributed by atoms with Gasteiger partial charge in [-0.2, -0.15) is 0 Å². The summed E-state index contributed by atoms with van der Waals surface area (Å²) in [7, 11) is 0. The summed E-state index contributed by atoms with van der Waals surface area (Å²) in [6.07, 6.45) is 0. The van der Waals surface area contributed by atoms with Crippen LogP contribution in [0.25, 0.3) is 11.1 Å². The number of rotatable bonds is 5. The van der Waals surface area contributed by atoms with Gasteiger partial charge in [0.15, 0.2) is 0 Å². The zero-order chi connectivity index (χ0) is 16.4. The Bertz CT molecular complexity index is 892. The maximum Gasteiger partial charge on any atom is 0.250 e. The van der Waals surface area contributed by atoms with Crippen LogP contribution in [-0.4, -0.2) is 6.61 Å². The molecule has 0 heterocycles. The highest BCUT2D eigenvalue weighted by Gasteiger charge is 2.22. The molecule has 0 fully saturated rings. The fraction of sp³-hybridized carbons (Fsp3) is 0.111. The largest absolute Gasteiger partial charge is 0.494 e. The smallest absolute Gasteiger partial charge is 0.250 e. The molecule has 0 bridgehead atoms. The van der Waals surface area contributed by atoms with Crippen LogP contribution in [0.1, 0.15) is 6.92 Å². The lowest BCUT2D eigenvalue weighted by molar-refractivity contribution is 0.340. The molecule has 0 aliphatic rings. The first kappa shape index (κ1) is 15.3. The number of hydrogen-bond donors (Lipinski definition) is 1. The van der Waals surface area contributed by atoms with Crippen molar-refractivity contribution in [1.82, 2.24) is 0 Å². The Balaban J connectivity index is 1.89. The third kappa shape index (κ3) is 2.98. The first-order valence-corrected chi connectivity index (χ1v) is 7.57. The highest BCUT2D eigenvalue weighted by Crippen LogP contribution is 2.28. The summed E-state index contributed by atoms with van der Waals surface area (Å²) in [6, 6.07) is 14.0. The van der Waals surface area contributed by atoms with Crippen LogP contribution >= 0.6 is 11.6 Å². The second kappa shape index (κ2) is 6.26. The Kier molecular flexibility index (Phi) is 4.17. The van der Waals surface area contributed by atoms with Crippen molar-refractivity contribution in [1.29, 1.82) is 0 Å². The minimum absolute atomic E-state index is 0.307. The van der Waals surface area contributed by atoms with Gasteiger partial charge in [-0.3, -0.25) is 9.59 Å². The van der Waals surface area contributed by atoms with Crippen LogP contribution < -0.4 is 20.9 Å². The molecule has 23 heavy (non-hydrogen) atoms. The molecular formula is C18H14ClNO3. The average molecular weight is 328 g/mol. The number of ether oxygens (including phenoxy) is 1. The molecule has 3 aromatic rings. The molecule has 5 heteroatoms. The van der Waals surface area contributed by atoms with Gasteiger partial charge in [-0.1, -0.05) is 23.7 Å². The van der Waals surface area contributed by atoms with Crippen molar-refractivity contribution >= 4 is 23.0 Å². The van der Waals surface area contributed by atoms with Gasteiger partial charge in [0.05, 0.1) is 12.2 Å². The molecule has 1 N–H and O–H groups in total. The lowest BCUT2D eigenvalue weighted by Gasteiger charge is -2.14. The normalized spacial score (nSPS) is 10.7. The molecule has 0 aliphatic heterocycles. The van der Waals surface area contributed by atoms with E-state index in [2.05, 4.69) is 5.32 Å². The molecule has 0 unspecified atom stereocenters. The van der Waals surface area contributed by atoms with Crippen molar-refractivity contribution < 1.29 is 4.74 Å². The fourth-order valence-electron chi connectivity index (χ4n) is 2.35. The van der Waals surface area contributed by atoms with Crippen LogP contribution in [0.3, 0.4) is 0 Å². The number of benzene rings is 2. The maximum atomic E-state index is 11.9. The van der Waals surface area contributed by atoms with Crippen LogP contribution in [0, 0.1) is 0 Å². The predicted octanol–water partition coefficient (Wildman–Crippen LogP) is 3.75. The SMILES string of the molecule is CCOc1ccc(Nc2c(-c3ccc(Cl)cc3)c(=O)c2=O)cc1. The van der Waals surface area contributed by atoms with Crippen molar-refractivity contribution in [3.05, 3.63) is 74.0 Å². The zero-order valence-electron chi connectivity index (χ0n) is 12.4. The van der Waals surface area contributed by atoms with E-state index in [0.717, 1.165) is 11.4 Å². The second-order valence-electron chi connectivity index (χ2n) is 5.00. The Morgan fingerprint density at radius 1 is 0.957 bits per heavy atom. The van der Waals surface area contributed by atoms with Gasteiger partial charge >= 0.3 is 0 Å². The third-order valence-corrected chi connectivity index (χ3v) is 3.73. The van der Waals surface area contributed by atoms with E-state index in [4.69, 9.17) is 16.3 Å². The maximum absolute atomic E-state index is 11.9. The van der Waals surface area contributed by atoms with E-state index < -0.39 is 10.9 Å². The van der Waals surface area contributed by atoms with E-state index in [-0.39, 0.29) is 0 Å². The Morgan fingerprint density at radius 2 is 1.61 bits per heavy atom. The van der Waals surface area contributed by atoms with Gasteiger partial charge in [0, 0.05) is 10.7 Å². The summed E-state index contributed by atoms with van der Waals surface area (Å²) >= 11 is 5.85. The molecule has 0 spiro atoms. The minimum atomic E-state index is -0.510. The van der Waals surface area contributed by atoms with Crippen molar-refractivity contribution in [3.63, 3.8) is 0 Å². The Labute approximate surface area is 138 Å². The zero-order valence-corrected chi connectivity index (χ0v) is 13.2. The van der Waals surface area contributed by atoms with Crippen LogP contribution in [0.2, 0.25) is 5.02 Å². The lowest BCUT2D eigenvalue weighted by atomic mass is 9.98. The van der Waals surface area contributed by atoms with E-state index in [0.29, 0.717) is 28.4 Å². The molecule has 0 amide bonds. The summed E-state index contributed by atoms with van der Waals surface area (Å²) in [5.41, 5.74) is 1.09. The summed E-state index contributed by atoms with van der Waals surface area (Å²) in [5, 5.41) is 3.59. The second-order valence-corrected chi connectivity index (χ2v) is 5.43. The van der Waals surface area contributed by atoms with Crippen molar-refractivity contribution in [3.8, 4) is 16.9 Å². The average Bonchev–Trinajstić information content (AvgIpc) is 2.57. The number of hydrogen-bond acceptors (Lipinski definition) is 4. The number of anilines is 2. The standard InChI is InChI=1S/C18H14ClNO3/c1-2-23-14-9-7-13(8-10-14)20-16-15(17(21)18(16)22)11-3-5-12(19)6-4-11/h3-10,20H,2H2,1H3. The van der Waals surface area contributed by atoms with Gasteiger partial charge in [0.1, 0.15) is 11.4 Å². The third-order valence-electron chi connectivity index (χ3n) is 3.48. The van der Waals surface area contributed by atoms with Crippen molar-refractivity contribution in [2.75, 3.05) is 11.9 Å². The quantitative estimate of drug-likeness (QED) is 0.725. The highest BCUT2D eigenvalue weighted by atomic mass is 35.5. The van der Waals surface area contributed by atoms with Gasteiger partial charge in [0.2, 0.25) is 5.43 Å². The monoisotopic (exact) mass is 327 g/mol. The molecule has 0 atom stereocenters. The van der Waals surface area contributed by atoms with Crippen LogP contribution in [0.5, 0.6) is 5.75 Å². The molecule has 0 saturated carbocycles. The van der Waals surface area contributed by atoms with E-state index in [1.165, 1.54) is 0 Å². The molecule has 3 rings (SSSR count). The van der Waals surface area contributed by atoms with Gasteiger partial charge in [0.25, 0.3) is 5.43 Å². The number of nitrogens with one attached hydrogen (secondary N) is 1. The highest BCUT2D eigenvalue weighted by molar-refractivity contribution is 6.30. The van der Waals surface area contributed by atoms with Crippen LogP contribution in [-0.2, 0) is 0 Å². The molecule has 116 valence electrons. The molecule has 4 nitrogen and oxygen atoms in total. The molecular weight excluding hydrogens is 314 g/mol. The van der Waals surface area contributed by atoms with E-state index >= 15 is 0 Å². The number of halogens is 1. The lowest BCUT2D eigenvalue weighted by Crippen LogP contribution is -2.35. The fourth-order valence-corrected chi connectivity index (χ4v) is 2.47. The van der Waals surface area contributed by atoms with Crippen LogP contribution in [0.4, 0.5) is 11.4 Å². The van der Waals surface area contributed by atoms with E-state index in [1.54, 1.807) is 48.5 Å². The first-order chi connectivity index (χ1) is 11.1. The summed E-state index contributed by atoms with van der Waals surface area (Å²) < 4.78 is 5.37. The summed E-state index contributed by atoms with van der Waals surface area (Å²) in [4.78, 5) is 23.8. The van der Waals surface area contributed by atoms with Crippen LogP contribution in [0.15, 0.2) is 58.1 Å². The van der Waals surface area contributed by atoms with Crippen molar-refractivity contribution in [2.24, 2.45) is 0 Å². The Morgan fingerprint density at radius 3 is 2.22 bits per heavy atom. The summed E-state index contributed by atoms with van der Waals surface area (Å²) in [5.74, 6) is 0.751. The Hall–Kier alpha value is -2.59. The first-order valence-electron chi connectivity index (χ1n) is 7.19.